The van der Waals surface area contributed by atoms with Crippen molar-refractivity contribution in [2.75, 3.05) is 13.7 Å². The first-order chi connectivity index (χ1) is 14.7. The smallest absolute Gasteiger partial charge is 0.422 e. The summed E-state index contributed by atoms with van der Waals surface area (Å²) in [6, 6.07) is 4.06. The summed E-state index contributed by atoms with van der Waals surface area (Å²) in [6.45, 7) is 0.207. The van der Waals surface area contributed by atoms with Crippen molar-refractivity contribution in [3.8, 4) is 11.6 Å². The number of hydrogen-bond donors (Lipinski definition) is 1. The van der Waals surface area contributed by atoms with Crippen LogP contribution in [0.1, 0.15) is 47.4 Å². The van der Waals surface area contributed by atoms with Crippen LogP contribution in [0.15, 0.2) is 30.6 Å². The number of Topliss-reactive ketones (excluding diaryl/α,β-unsaturated/α-hetero) is 1. The van der Waals surface area contributed by atoms with Gasteiger partial charge in [-0.3, -0.25) is 14.6 Å². The van der Waals surface area contributed by atoms with Crippen LogP contribution < -0.4 is 14.8 Å². The summed E-state index contributed by atoms with van der Waals surface area (Å²) in [5.74, 6) is -0.408. The molecule has 1 N–H and O–H groups in total. The van der Waals surface area contributed by atoms with Gasteiger partial charge < -0.3 is 14.8 Å². The van der Waals surface area contributed by atoms with E-state index in [4.69, 9.17) is 4.74 Å². The van der Waals surface area contributed by atoms with Gasteiger partial charge >= 0.3 is 6.18 Å². The number of amides is 1. The Kier molecular flexibility index (Phi) is 6.77. The maximum atomic E-state index is 12.6. The predicted molar refractivity (Wildman–Crippen MR) is 104 cm³/mol. The van der Waals surface area contributed by atoms with Gasteiger partial charge in [0.1, 0.15) is 5.78 Å². The number of aromatic nitrogens is 2. The zero-order valence-electron chi connectivity index (χ0n) is 17.0. The Morgan fingerprint density at radius 2 is 2.00 bits per heavy atom. The van der Waals surface area contributed by atoms with E-state index in [2.05, 4.69) is 20.0 Å². The van der Waals surface area contributed by atoms with Crippen LogP contribution in [-0.2, 0) is 11.2 Å². The molecule has 0 radical (unpaired) electrons. The largest absolute Gasteiger partial charge is 0.491 e. The van der Waals surface area contributed by atoms with E-state index in [1.54, 1.807) is 19.1 Å². The highest BCUT2D eigenvalue weighted by atomic mass is 19.4. The van der Waals surface area contributed by atoms with Crippen LogP contribution in [0.4, 0.5) is 13.2 Å². The molecule has 31 heavy (non-hydrogen) atoms. The lowest BCUT2D eigenvalue weighted by Crippen LogP contribution is -2.27. The molecule has 1 atom stereocenters. The van der Waals surface area contributed by atoms with Crippen molar-refractivity contribution < 1.29 is 32.2 Å². The zero-order valence-corrected chi connectivity index (χ0v) is 17.0. The summed E-state index contributed by atoms with van der Waals surface area (Å²) in [5, 5.41) is 2.79. The number of ether oxygens (including phenoxy) is 2. The standard InChI is InChI=1S/C21H22F3N3O4/c1-12(15-8-18(30-2)20(26-10-15)31-11-21(22,23)24)27-19(29)14-5-6-25-16(7-14)9-17(28)13-3-4-13/h5-8,10,12-13H,3-4,9,11H2,1-2H3,(H,27,29). The summed E-state index contributed by atoms with van der Waals surface area (Å²) in [6.07, 6.45) is 0.307. The van der Waals surface area contributed by atoms with Gasteiger partial charge in [-0.2, -0.15) is 13.2 Å². The van der Waals surface area contributed by atoms with Crippen molar-refractivity contribution in [1.82, 2.24) is 15.3 Å². The van der Waals surface area contributed by atoms with Gasteiger partial charge in [-0.15, -0.1) is 0 Å². The number of nitrogens with zero attached hydrogens (tertiary/aromatic N) is 2. The van der Waals surface area contributed by atoms with Crippen LogP contribution in [0, 0.1) is 5.92 Å². The molecule has 0 spiro atoms. The normalized spacial score (nSPS) is 14.6. The number of hydrogen-bond acceptors (Lipinski definition) is 6. The minimum atomic E-state index is -4.50. The highest BCUT2D eigenvalue weighted by Gasteiger charge is 2.30. The second-order valence-corrected chi connectivity index (χ2v) is 7.33. The molecule has 2 heterocycles. The van der Waals surface area contributed by atoms with E-state index in [0.29, 0.717) is 16.8 Å². The van der Waals surface area contributed by atoms with E-state index >= 15 is 0 Å². The Bertz CT molecular complexity index is 961. The molecule has 0 aromatic carbocycles. The van der Waals surface area contributed by atoms with Crippen LogP contribution in [0.3, 0.4) is 0 Å². The topological polar surface area (TPSA) is 90.4 Å². The molecule has 1 fully saturated rings. The lowest BCUT2D eigenvalue weighted by molar-refractivity contribution is -0.154. The first kappa shape index (κ1) is 22.5. The Hall–Kier alpha value is -3.17. The summed E-state index contributed by atoms with van der Waals surface area (Å²) >= 11 is 0. The molecule has 0 aliphatic heterocycles. The number of rotatable bonds is 9. The molecule has 0 saturated heterocycles. The molecule has 1 unspecified atom stereocenters. The van der Waals surface area contributed by atoms with E-state index in [1.807, 2.05) is 0 Å². The number of carbonyl (C=O) groups excluding carboxylic acids is 2. The van der Waals surface area contributed by atoms with Crippen molar-refractivity contribution in [1.29, 1.82) is 0 Å². The molecule has 1 aliphatic carbocycles. The molecule has 1 aliphatic rings. The lowest BCUT2D eigenvalue weighted by atomic mass is 10.1. The van der Waals surface area contributed by atoms with Crippen LogP contribution in [0.25, 0.3) is 0 Å². The third-order valence-corrected chi connectivity index (χ3v) is 4.75. The second kappa shape index (κ2) is 9.32. The molecule has 166 valence electrons. The highest BCUT2D eigenvalue weighted by molar-refractivity contribution is 5.94. The van der Waals surface area contributed by atoms with Crippen molar-refractivity contribution >= 4 is 11.7 Å². The molecular weight excluding hydrogens is 415 g/mol. The lowest BCUT2D eigenvalue weighted by Gasteiger charge is -2.17. The van der Waals surface area contributed by atoms with Gasteiger partial charge in [-0.1, -0.05) is 0 Å². The Labute approximate surface area is 177 Å². The highest BCUT2D eigenvalue weighted by Crippen LogP contribution is 2.31. The van der Waals surface area contributed by atoms with Gasteiger partial charge in [0.15, 0.2) is 12.4 Å². The van der Waals surface area contributed by atoms with Gasteiger partial charge in [-0.05, 0) is 43.5 Å². The Morgan fingerprint density at radius 3 is 2.65 bits per heavy atom. The van der Waals surface area contributed by atoms with Crippen LogP contribution in [-0.4, -0.2) is 41.6 Å². The summed E-state index contributed by atoms with van der Waals surface area (Å²) in [4.78, 5) is 32.6. The molecule has 1 amide bonds. The van der Waals surface area contributed by atoms with Gasteiger partial charge in [-0.25, -0.2) is 4.98 Å². The van der Waals surface area contributed by atoms with Crippen molar-refractivity contribution in [3.05, 3.63) is 47.4 Å². The van der Waals surface area contributed by atoms with Crippen molar-refractivity contribution in [3.63, 3.8) is 0 Å². The number of alkyl halides is 3. The minimum Gasteiger partial charge on any atom is -0.491 e. The number of pyridine rings is 2. The van der Waals surface area contributed by atoms with Crippen molar-refractivity contribution in [2.24, 2.45) is 5.92 Å². The first-order valence-corrected chi connectivity index (χ1v) is 9.68. The third kappa shape index (κ3) is 6.40. The number of nitrogens with one attached hydrogen (secondary N) is 1. The summed E-state index contributed by atoms with van der Waals surface area (Å²) < 4.78 is 46.8. The van der Waals surface area contributed by atoms with Gasteiger partial charge in [0.05, 0.1) is 13.2 Å². The molecule has 1 saturated carbocycles. The maximum Gasteiger partial charge on any atom is 0.422 e. The number of ketones is 1. The quantitative estimate of drug-likeness (QED) is 0.646. The summed E-state index contributed by atoms with van der Waals surface area (Å²) in [7, 11) is 1.28. The van der Waals surface area contributed by atoms with Gasteiger partial charge in [0.25, 0.3) is 11.8 Å². The van der Waals surface area contributed by atoms with E-state index in [1.165, 1.54) is 25.6 Å². The van der Waals surface area contributed by atoms with E-state index in [9.17, 15) is 22.8 Å². The fourth-order valence-corrected chi connectivity index (χ4v) is 2.90. The Balaban J connectivity index is 1.65. The monoisotopic (exact) mass is 437 g/mol. The van der Waals surface area contributed by atoms with Crippen LogP contribution in [0.2, 0.25) is 0 Å². The van der Waals surface area contributed by atoms with Crippen LogP contribution >= 0.6 is 0 Å². The van der Waals surface area contributed by atoms with E-state index in [0.717, 1.165) is 12.8 Å². The number of methoxy groups -OCH3 is 1. The number of halogens is 3. The second-order valence-electron chi connectivity index (χ2n) is 7.33. The Morgan fingerprint density at radius 1 is 1.26 bits per heavy atom. The minimum absolute atomic E-state index is 0.0210. The molecule has 2 aromatic rings. The average molecular weight is 437 g/mol. The molecule has 2 aromatic heterocycles. The zero-order chi connectivity index (χ0) is 22.6. The molecular formula is C21H22F3N3O4. The SMILES string of the molecule is COc1cc(C(C)NC(=O)c2ccnc(CC(=O)C3CC3)c2)cnc1OCC(F)(F)F. The fourth-order valence-electron chi connectivity index (χ4n) is 2.90. The molecule has 0 bridgehead atoms. The molecule has 10 heteroatoms. The van der Waals surface area contributed by atoms with Gasteiger partial charge in [0.2, 0.25) is 0 Å². The first-order valence-electron chi connectivity index (χ1n) is 9.68. The van der Waals surface area contributed by atoms with E-state index < -0.39 is 18.8 Å². The van der Waals surface area contributed by atoms with Gasteiger partial charge in [0, 0.05) is 36.0 Å². The van der Waals surface area contributed by atoms with Crippen LogP contribution in [0.5, 0.6) is 11.6 Å². The predicted octanol–water partition coefficient (Wildman–Crippen LogP) is 3.44. The third-order valence-electron chi connectivity index (χ3n) is 4.75. The summed E-state index contributed by atoms with van der Waals surface area (Å²) in [5.41, 5.74) is 1.40. The fraction of sp³-hybridized carbons (Fsp3) is 0.429. The van der Waals surface area contributed by atoms with E-state index in [-0.39, 0.29) is 35.7 Å². The average Bonchev–Trinajstić information content (AvgIpc) is 3.57. The van der Waals surface area contributed by atoms with Crippen molar-refractivity contribution in [2.45, 2.75) is 38.4 Å². The number of carbonyl (C=O) groups is 2. The maximum absolute atomic E-state index is 12.6. The molecule has 3 rings (SSSR count). The molecule has 7 nitrogen and oxygen atoms in total.